The van der Waals surface area contributed by atoms with E-state index >= 15 is 0 Å². The van der Waals surface area contributed by atoms with Crippen molar-refractivity contribution < 1.29 is 19.8 Å². The van der Waals surface area contributed by atoms with E-state index in [1.807, 2.05) is 30.3 Å². The predicted molar refractivity (Wildman–Crippen MR) is 104 cm³/mol. The Labute approximate surface area is 162 Å². The van der Waals surface area contributed by atoms with Crippen LogP contribution >= 0.6 is 0 Å². The summed E-state index contributed by atoms with van der Waals surface area (Å²) in [6.07, 6.45) is 0. The Morgan fingerprint density at radius 2 is 1.54 bits per heavy atom. The van der Waals surface area contributed by atoms with Gasteiger partial charge < -0.3 is 15.1 Å². The van der Waals surface area contributed by atoms with Crippen LogP contribution in [-0.2, 0) is 11.3 Å². The summed E-state index contributed by atoms with van der Waals surface area (Å²) in [4.78, 5) is 27.2. The number of aliphatic carboxylic acids is 1. The third-order valence-corrected chi connectivity index (χ3v) is 5.14. The average molecular weight is 373 g/mol. The minimum Gasteiger partial charge on any atom is -0.508 e. The summed E-state index contributed by atoms with van der Waals surface area (Å²) in [6, 6.07) is 22.1. The molecule has 0 saturated carbocycles. The van der Waals surface area contributed by atoms with Gasteiger partial charge >= 0.3 is 5.97 Å². The van der Waals surface area contributed by atoms with Crippen LogP contribution < -0.4 is 0 Å². The molecule has 28 heavy (non-hydrogen) atoms. The third kappa shape index (κ3) is 3.11. The number of fused-ring (bicyclic) bond motifs is 1. The highest BCUT2D eigenvalue weighted by Gasteiger charge is 2.44. The number of hydrogen-bond acceptors (Lipinski definition) is 3. The Morgan fingerprint density at radius 3 is 2.21 bits per heavy atom. The van der Waals surface area contributed by atoms with Crippen molar-refractivity contribution in [3.05, 3.63) is 101 Å². The standard InChI is InChI=1S/C23H19NO4/c25-17-12-10-16(11-13-17)21-20(23(27)28)18-8-4-5-9-19(18)22(26)24(21)14-15-6-2-1-3-7-15/h1-13,20-21,25H,14H2,(H,27,28)/t20-,21+/m0/s1. The van der Waals surface area contributed by atoms with E-state index < -0.39 is 17.9 Å². The number of carbonyl (C=O) groups excluding carboxylic acids is 1. The Kier molecular flexibility index (Phi) is 4.57. The van der Waals surface area contributed by atoms with Gasteiger partial charge in [0.2, 0.25) is 0 Å². The molecule has 1 aliphatic heterocycles. The predicted octanol–water partition coefficient (Wildman–Crippen LogP) is 3.96. The van der Waals surface area contributed by atoms with E-state index in [4.69, 9.17) is 0 Å². The zero-order valence-corrected chi connectivity index (χ0v) is 15.0. The molecule has 0 fully saturated rings. The Balaban J connectivity index is 1.88. The van der Waals surface area contributed by atoms with Crippen LogP contribution in [0.2, 0.25) is 0 Å². The fourth-order valence-corrected chi connectivity index (χ4v) is 3.86. The van der Waals surface area contributed by atoms with Crippen molar-refractivity contribution in [1.29, 1.82) is 0 Å². The van der Waals surface area contributed by atoms with Crippen molar-refractivity contribution in [3.63, 3.8) is 0 Å². The smallest absolute Gasteiger partial charge is 0.313 e. The SMILES string of the molecule is O=C(O)[C@H]1c2ccccc2C(=O)N(Cc2ccccc2)[C@@H]1c1ccc(O)cc1. The molecule has 3 aromatic rings. The van der Waals surface area contributed by atoms with E-state index in [2.05, 4.69) is 0 Å². The van der Waals surface area contributed by atoms with Crippen molar-refractivity contribution in [2.45, 2.75) is 18.5 Å². The number of carboxylic acid groups (broad SMARTS) is 1. The van der Waals surface area contributed by atoms with E-state index in [0.717, 1.165) is 5.56 Å². The summed E-state index contributed by atoms with van der Waals surface area (Å²) in [6.45, 7) is 0.295. The average Bonchev–Trinajstić information content (AvgIpc) is 2.71. The van der Waals surface area contributed by atoms with E-state index in [1.54, 1.807) is 41.3 Å². The zero-order valence-electron chi connectivity index (χ0n) is 15.0. The van der Waals surface area contributed by atoms with Crippen LogP contribution in [0.1, 0.15) is 39.0 Å². The van der Waals surface area contributed by atoms with Crippen LogP contribution in [0.15, 0.2) is 78.9 Å². The highest BCUT2D eigenvalue weighted by Crippen LogP contribution is 2.43. The van der Waals surface area contributed by atoms with Gasteiger partial charge in [-0.2, -0.15) is 0 Å². The van der Waals surface area contributed by atoms with Gasteiger partial charge in [0.1, 0.15) is 11.7 Å². The lowest BCUT2D eigenvalue weighted by Gasteiger charge is -2.41. The second-order valence-electron chi connectivity index (χ2n) is 6.86. The molecule has 0 aromatic heterocycles. The zero-order chi connectivity index (χ0) is 19.7. The third-order valence-electron chi connectivity index (χ3n) is 5.14. The maximum absolute atomic E-state index is 13.3. The van der Waals surface area contributed by atoms with Gasteiger partial charge in [0, 0.05) is 12.1 Å². The van der Waals surface area contributed by atoms with Crippen LogP contribution in [0, 0.1) is 0 Å². The molecule has 0 spiro atoms. The lowest BCUT2D eigenvalue weighted by molar-refractivity contribution is -0.140. The highest BCUT2D eigenvalue weighted by atomic mass is 16.4. The van der Waals surface area contributed by atoms with Gasteiger partial charge in [-0.3, -0.25) is 9.59 Å². The van der Waals surface area contributed by atoms with Gasteiger partial charge in [0.15, 0.2) is 0 Å². The lowest BCUT2D eigenvalue weighted by atomic mass is 9.79. The number of hydrogen-bond donors (Lipinski definition) is 2. The maximum Gasteiger partial charge on any atom is 0.313 e. The molecular weight excluding hydrogens is 354 g/mol. The first-order chi connectivity index (χ1) is 13.6. The first kappa shape index (κ1) is 17.8. The molecule has 3 aromatic carbocycles. The second kappa shape index (κ2) is 7.19. The van der Waals surface area contributed by atoms with Crippen molar-refractivity contribution in [1.82, 2.24) is 4.90 Å². The number of phenolic OH excluding ortho intramolecular Hbond substituents is 1. The van der Waals surface area contributed by atoms with Gasteiger partial charge in [-0.05, 0) is 34.9 Å². The largest absolute Gasteiger partial charge is 0.508 e. The Morgan fingerprint density at radius 1 is 0.893 bits per heavy atom. The van der Waals surface area contributed by atoms with Crippen molar-refractivity contribution in [2.75, 3.05) is 0 Å². The van der Waals surface area contributed by atoms with Crippen LogP contribution in [0.25, 0.3) is 0 Å². The molecule has 5 heteroatoms. The number of aromatic hydroxyl groups is 1. The summed E-state index contributed by atoms with van der Waals surface area (Å²) in [5.41, 5.74) is 2.52. The molecular formula is C23H19NO4. The van der Waals surface area contributed by atoms with Gasteiger partial charge in [0.05, 0.1) is 6.04 Å². The maximum atomic E-state index is 13.3. The number of carboxylic acids is 1. The van der Waals surface area contributed by atoms with E-state index in [1.165, 1.54) is 12.1 Å². The summed E-state index contributed by atoms with van der Waals surface area (Å²) >= 11 is 0. The molecule has 4 rings (SSSR count). The number of nitrogens with zero attached hydrogens (tertiary/aromatic N) is 1. The fraction of sp³-hybridized carbons (Fsp3) is 0.130. The monoisotopic (exact) mass is 373 g/mol. The minimum atomic E-state index is -0.990. The molecule has 0 aliphatic carbocycles. The number of amides is 1. The van der Waals surface area contributed by atoms with Crippen molar-refractivity contribution in [2.24, 2.45) is 0 Å². The molecule has 2 atom stereocenters. The number of phenols is 1. The minimum absolute atomic E-state index is 0.0905. The first-order valence-corrected chi connectivity index (χ1v) is 9.02. The second-order valence-corrected chi connectivity index (χ2v) is 6.86. The van der Waals surface area contributed by atoms with Gasteiger partial charge in [-0.25, -0.2) is 0 Å². The molecule has 0 radical (unpaired) electrons. The number of rotatable bonds is 4. The molecule has 140 valence electrons. The lowest BCUT2D eigenvalue weighted by Crippen LogP contribution is -2.44. The molecule has 1 heterocycles. The summed E-state index contributed by atoms with van der Waals surface area (Å²) in [5, 5.41) is 19.7. The molecule has 0 saturated heterocycles. The van der Waals surface area contributed by atoms with Gasteiger partial charge in [0.25, 0.3) is 5.91 Å². The molecule has 1 aliphatic rings. The van der Waals surface area contributed by atoms with E-state index in [-0.39, 0.29) is 11.7 Å². The van der Waals surface area contributed by atoms with Gasteiger partial charge in [-0.15, -0.1) is 0 Å². The Bertz CT molecular complexity index is 1010. The molecule has 1 amide bonds. The summed E-state index contributed by atoms with van der Waals surface area (Å²) < 4.78 is 0. The van der Waals surface area contributed by atoms with Gasteiger partial charge in [-0.1, -0.05) is 60.7 Å². The topological polar surface area (TPSA) is 77.8 Å². The molecule has 2 N–H and O–H groups in total. The highest BCUT2D eigenvalue weighted by molar-refractivity contribution is 6.00. The Hall–Kier alpha value is -3.60. The first-order valence-electron chi connectivity index (χ1n) is 9.02. The summed E-state index contributed by atoms with van der Waals surface area (Å²) in [5.74, 6) is -2.00. The molecule has 0 bridgehead atoms. The van der Waals surface area contributed by atoms with Crippen LogP contribution in [0.5, 0.6) is 5.75 Å². The summed E-state index contributed by atoms with van der Waals surface area (Å²) in [7, 11) is 0. The van der Waals surface area contributed by atoms with Crippen LogP contribution in [-0.4, -0.2) is 27.0 Å². The van der Waals surface area contributed by atoms with Crippen molar-refractivity contribution in [3.8, 4) is 5.75 Å². The molecule has 0 unspecified atom stereocenters. The quantitative estimate of drug-likeness (QED) is 0.726. The number of carbonyl (C=O) groups is 2. The van der Waals surface area contributed by atoms with Crippen LogP contribution in [0.4, 0.5) is 0 Å². The normalized spacial score (nSPS) is 18.6. The molecule has 5 nitrogen and oxygen atoms in total. The van der Waals surface area contributed by atoms with E-state index in [9.17, 15) is 19.8 Å². The van der Waals surface area contributed by atoms with Crippen LogP contribution in [0.3, 0.4) is 0 Å². The van der Waals surface area contributed by atoms with Crippen molar-refractivity contribution >= 4 is 11.9 Å². The fourth-order valence-electron chi connectivity index (χ4n) is 3.86. The number of benzene rings is 3. The van der Waals surface area contributed by atoms with E-state index in [0.29, 0.717) is 23.2 Å².